The molecule has 1 aliphatic rings. The average molecular weight is 362 g/mol. The van der Waals surface area contributed by atoms with Crippen LogP contribution in [0.5, 0.6) is 5.75 Å². The van der Waals surface area contributed by atoms with Gasteiger partial charge in [0.05, 0.1) is 17.2 Å². The SMILES string of the molecule is O=C1COc2ccc(S(=O)(=O)N(CCO)Cc3ccccc3)cc2N1. The molecule has 8 heteroatoms. The molecule has 2 aromatic rings. The van der Waals surface area contributed by atoms with E-state index >= 15 is 0 Å². The van der Waals surface area contributed by atoms with E-state index in [1.165, 1.54) is 22.5 Å². The summed E-state index contributed by atoms with van der Waals surface area (Å²) in [6.45, 7) is -0.276. The second-order valence-corrected chi connectivity index (χ2v) is 7.48. The summed E-state index contributed by atoms with van der Waals surface area (Å²) in [5.74, 6) is 0.0915. The molecule has 0 bridgehead atoms. The van der Waals surface area contributed by atoms with Crippen LogP contribution < -0.4 is 10.1 Å². The van der Waals surface area contributed by atoms with Crippen LogP contribution in [0.25, 0.3) is 0 Å². The van der Waals surface area contributed by atoms with Crippen molar-refractivity contribution >= 4 is 21.6 Å². The zero-order chi connectivity index (χ0) is 17.9. The number of carbonyl (C=O) groups is 1. The van der Waals surface area contributed by atoms with Gasteiger partial charge < -0.3 is 15.2 Å². The van der Waals surface area contributed by atoms with Gasteiger partial charge in [0.2, 0.25) is 10.0 Å². The van der Waals surface area contributed by atoms with Crippen LogP contribution in [0.15, 0.2) is 53.4 Å². The van der Waals surface area contributed by atoms with Crippen molar-refractivity contribution in [1.82, 2.24) is 4.31 Å². The number of aliphatic hydroxyl groups excluding tert-OH is 1. The molecule has 2 aromatic carbocycles. The van der Waals surface area contributed by atoms with Crippen LogP contribution in [0.2, 0.25) is 0 Å². The third-order valence-electron chi connectivity index (χ3n) is 3.77. The lowest BCUT2D eigenvalue weighted by Crippen LogP contribution is -2.33. The fraction of sp³-hybridized carbons (Fsp3) is 0.235. The number of benzene rings is 2. The van der Waals surface area contributed by atoms with Crippen molar-refractivity contribution < 1.29 is 23.1 Å². The summed E-state index contributed by atoms with van der Waals surface area (Å²) in [7, 11) is -3.85. The predicted molar refractivity (Wildman–Crippen MR) is 91.7 cm³/mol. The monoisotopic (exact) mass is 362 g/mol. The summed E-state index contributed by atoms with van der Waals surface area (Å²) in [5, 5.41) is 11.9. The van der Waals surface area contributed by atoms with E-state index in [0.29, 0.717) is 11.4 Å². The normalized spacial score (nSPS) is 13.9. The third kappa shape index (κ3) is 3.81. The minimum Gasteiger partial charge on any atom is -0.482 e. The number of nitrogens with one attached hydrogen (secondary N) is 1. The van der Waals surface area contributed by atoms with E-state index in [9.17, 15) is 18.3 Å². The smallest absolute Gasteiger partial charge is 0.262 e. The second-order valence-electron chi connectivity index (χ2n) is 5.54. The molecule has 0 saturated carbocycles. The first-order valence-corrected chi connectivity index (χ1v) is 9.16. The van der Waals surface area contributed by atoms with E-state index in [4.69, 9.17) is 4.74 Å². The Bertz CT molecular complexity index is 868. The molecule has 25 heavy (non-hydrogen) atoms. The molecule has 0 fully saturated rings. The van der Waals surface area contributed by atoms with Gasteiger partial charge in [-0.3, -0.25) is 4.79 Å². The fourth-order valence-corrected chi connectivity index (χ4v) is 4.00. The van der Waals surface area contributed by atoms with E-state index in [1.54, 1.807) is 0 Å². The molecule has 0 unspecified atom stereocenters. The number of rotatable bonds is 6. The third-order valence-corrected chi connectivity index (χ3v) is 5.61. The molecule has 0 aliphatic carbocycles. The Morgan fingerprint density at radius 1 is 1.16 bits per heavy atom. The quantitative estimate of drug-likeness (QED) is 0.805. The molecule has 0 saturated heterocycles. The van der Waals surface area contributed by atoms with Gasteiger partial charge in [-0.25, -0.2) is 8.42 Å². The number of anilines is 1. The van der Waals surface area contributed by atoms with Gasteiger partial charge in [-0.15, -0.1) is 0 Å². The molecule has 0 atom stereocenters. The summed E-state index contributed by atoms with van der Waals surface area (Å²) >= 11 is 0. The molecule has 7 nitrogen and oxygen atoms in total. The number of hydrogen-bond acceptors (Lipinski definition) is 5. The van der Waals surface area contributed by atoms with Crippen LogP contribution in [0.4, 0.5) is 5.69 Å². The summed E-state index contributed by atoms with van der Waals surface area (Å²) in [5.41, 5.74) is 1.13. The largest absolute Gasteiger partial charge is 0.482 e. The van der Waals surface area contributed by atoms with Crippen molar-refractivity contribution in [2.45, 2.75) is 11.4 Å². The Labute approximate surface area is 145 Å². The highest BCUT2D eigenvalue weighted by Crippen LogP contribution is 2.31. The maximum absolute atomic E-state index is 13.0. The molecule has 1 heterocycles. The first-order chi connectivity index (χ1) is 12.0. The molecule has 132 valence electrons. The van der Waals surface area contributed by atoms with Crippen LogP contribution in [0.1, 0.15) is 5.56 Å². The lowest BCUT2D eigenvalue weighted by Gasteiger charge is -2.23. The van der Waals surface area contributed by atoms with Gasteiger partial charge in [0.1, 0.15) is 5.75 Å². The molecular weight excluding hydrogens is 344 g/mol. The van der Waals surface area contributed by atoms with Crippen LogP contribution in [-0.4, -0.2) is 43.5 Å². The number of aliphatic hydroxyl groups is 1. The van der Waals surface area contributed by atoms with E-state index in [2.05, 4.69) is 5.32 Å². The first-order valence-electron chi connectivity index (χ1n) is 7.72. The van der Waals surface area contributed by atoms with E-state index in [1.807, 2.05) is 30.3 Å². The molecule has 1 aliphatic heterocycles. The summed E-state index contributed by atoms with van der Waals surface area (Å²) in [6.07, 6.45) is 0. The van der Waals surface area contributed by atoms with Gasteiger partial charge in [0.15, 0.2) is 6.61 Å². The van der Waals surface area contributed by atoms with Gasteiger partial charge >= 0.3 is 0 Å². The molecule has 1 amide bonds. The van der Waals surface area contributed by atoms with Crippen LogP contribution >= 0.6 is 0 Å². The number of ether oxygens (including phenoxy) is 1. The minimum atomic E-state index is -3.85. The topological polar surface area (TPSA) is 95.9 Å². The molecule has 2 N–H and O–H groups in total. The van der Waals surface area contributed by atoms with Crippen LogP contribution in [-0.2, 0) is 21.4 Å². The van der Waals surface area contributed by atoms with Crippen molar-refractivity contribution in [2.24, 2.45) is 0 Å². The molecule has 0 spiro atoms. The Balaban J connectivity index is 1.92. The highest BCUT2D eigenvalue weighted by Gasteiger charge is 2.26. The van der Waals surface area contributed by atoms with Gasteiger partial charge in [0, 0.05) is 13.1 Å². The van der Waals surface area contributed by atoms with Crippen molar-refractivity contribution in [3.63, 3.8) is 0 Å². The summed E-state index contributed by atoms with van der Waals surface area (Å²) < 4.78 is 32.4. The zero-order valence-electron chi connectivity index (χ0n) is 13.4. The highest BCUT2D eigenvalue weighted by atomic mass is 32.2. The second kappa shape index (κ2) is 7.22. The van der Waals surface area contributed by atoms with Crippen molar-refractivity contribution in [2.75, 3.05) is 25.1 Å². The van der Waals surface area contributed by atoms with E-state index in [-0.39, 0.29) is 37.1 Å². The lowest BCUT2D eigenvalue weighted by molar-refractivity contribution is -0.118. The minimum absolute atomic E-state index is 0.0291. The molecule has 3 rings (SSSR count). The maximum atomic E-state index is 13.0. The van der Waals surface area contributed by atoms with Gasteiger partial charge in [-0.1, -0.05) is 30.3 Å². The summed E-state index contributed by atoms with van der Waals surface area (Å²) in [6, 6.07) is 13.5. The number of nitrogens with zero attached hydrogens (tertiary/aromatic N) is 1. The Kier molecular flexibility index (Phi) is 5.03. The van der Waals surface area contributed by atoms with Crippen molar-refractivity contribution in [3.8, 4) is 5.75 Å². The van der Waals surface area contributed by atoms with Crippen molar-refractivity contribution in [3.05, 3.63) is 54.1 Å². The standard InChI is InChI=1S/C17H18N2O5S/c20-9-8-19(11-13-4-2-1-3-5-13)25(22,23)14-6-7-16-15(10-14)18-17(21)12-24-16/h1-7,10,20H,8-9,11-12H2,(H,18,21). The number of fused-ring (bicyclic) bond motifs is 1. The first kappa shape index (κ1) is 17.4. The van der Waals surface area contributed by atoms with Crippen molar-refractivity contribution in [1.29, 1.82) is 0 Å². The van der Waals surface area contributed by atoms with E-state index in [0.717, 1.165) is 5.56 Å². The number of carbonyl (C=O) groups excluding carboxylic acids is 1. The van der Waals surface area contributed by atoms with Crippen LogP contribution in [0, 0.1) is 0 Å². The van der Waals surface area contributed by atoms with E-state index < -0.39 is 10.0 Å². The highest BCUT2D eigenvalue weighted by molar-refractivity contribution is 7.89. The molecule has 0 radical (unpaired) electrons. The summed E-state index contributed by atoms with van der Waals surface area (Å²) in [4.78, 5) is 11.5. The fourth-order valence-electron chi connectivity index (χ4n) is 2.55. The Morgan fingerprint density at radius 2 is 1.92 bits per heavy atom. The zero-order valence-corrected chi connectivity index (χ0v) is 14.2. The lowest BCUT2D eigenvalue weighted by atomic mass is 10.2. The van der Waals surface area contributed by atoms with Crippen LogP contribution in [0.3, 0.4) is 0 Å². The Hall–Kier alpha value is -2.42. The number of amides is 1. The van der Waals surface area contributed by atoms with Gasteiger partial charge in [-0.05, 0) is 23.8 Å². The number of hydrogen-bond donors (Lipinski definition) is 2. The molecular formula is C17H18N2O5S. The van der Waals surface area contributed by atoms with Gasteiger partial charge in [-0.2, -0.15) is 4.31 Å². The molecule has 0 aromatic heterocycles. The average Bonchev–Trinajstić information content (AvgIpc) is 2.61. The predicted octanol–water partition coefficient (Wildman–Crippen LogP) is 1.20. The maximum Gasteiger partial charge on any atom is 0.262 e. The Morgan fingerprint density at radius 3 is 2.64 bits per heavy atom. The van der Waals surface area contributed by atoms with Gasteiger partial charge in [0.25, 0.3) is 5.91 Å². The number of sulfonamides is 1.